The SMILES string of the molecule is CCn1c(SCC(=O)Nc2cc(Cl)ccc2Cl)nnc1-c1cc(Br)cs1. The second-order valence-corrected chi connectivity index (χ2v) is 8.75. The Balaban J connectivity index is 1.69. The number of hydrogen-bond donors (Lipinski definition) is 1. The van der Waals surface area contributed by atoms with Gasteiger partial charge in [0.05, 0.1) is 21.3 Å². The van der Waals surface area contributed by atoms with Crippen molar-refractivity contribution in [1.29, 1.82) is 0 Å². The van der Waals surface area contributed by atoms with Gasteiger partial charge in [-0.25, -0.2) is 0 Å². The Morgan fingerprint density at radius 3 is 2.85 bits per heavy atom. The number of amides is 1. The molecule has 0 radical (unpaired) electrons. The molecule has 0 saturated carbocycles. The van der Waals surface area contributed by atoms with E-state index in [0.29, 0.717) is 27.4 Å². The third-order valence-electron chi connectivity index (χ3n) is 3.36. The molecule has 10 heteroatoms. The van der Waals surface area contributed by atoms with Crippen molar-refractivity contribution in [1.82, 2.24) is 14.8 Å². The first-order chi connectivity index (χ1) is 12.5. The average Bonchev–Trinajstić information content (AvgIpc) is 3.21. The molecule has 26 heavy (non-hydrogen) atoms. The van der Waals surface area contributed by atoms with E-state index in [1.54, 1.807) is 29.5 Å². The number of carbonyl (C=O) groups excluding carboxylic acids is 1. The zero-order chi connectivity index (χ0) is 18.7. The summed E-state index contributed by atoms with van der Waals surface area (Å²) in [7, 11) is 0. The molecule has 1 amide bonds. The number of benzene rings is 1. The van der Waals surface area contributed by atoms with E-state index in [9.17, 15) is 4.79 Å². The van der Waals surface area contributed by atoms with Gasteiger partial charge in [-0.1, -0.05) is 35.0 Å². The van der Waals surface area contributed by atoms with Gasteiger partial charge in [-0.15, -0.1) is 21.5 Å². The van der Waals surface area contributed by atoms with Crippen molar-refractivity contribution in [2.45, 2.75) is 18.6 Å². The summed E-state index contributed by atoms with van der Waals surface area (Å²) < 4.78 is 3.00. The highest BCUT2D eigenvalue weighted by Crippen LogP contribution is 2.31. The fourth-order valence-electron chi connectivity index (χ4n) is 2.20. The van der Waals surface area contributed by atoms with Crippen molar-refractivity contribution in [2.75, 3.05) is 11.1 Å². The molecule has 1 N–H and O–H groups in total. The minimum absolute atomic E-state index is 0.190. The molecule has 0 unspecified atom stereocenters. The summed E-state index contributed by atoms with van der Waals surface area (Å²) in [5, 5.41) is 14.9. The van der Waals surface area contributed by atoms with Crippen LogP contribution in [-0.4, -0.2) is 26.4 Å². The topological polar surface area (TPSA) is 59.8 Å². The maximum atomic E-state index is 12.2. The van der Waals surface area contributed by atoms with Gasteiger partial charge in [0.15, 0.2) is 11.0 Å². The molecule has 1 aromatic carbocycles. The van der Waals surface area contributed by atoms with Crippen LogP contribution in [0.25, 0.3) is 10.7 Å². The van der Waals surface area contributed by atoms with Gasteiger partial charge in [-0.2, -0.15) is 0 Å². The molecular formula is C16H13BrCl2N4OS2. The Morgan fingerprint density at radius 2 is 2.15 bits per heavy atom. The van der Waals surface area contributed by atoms with E-state index >= 15 is 0 Å². The van der Waals surface area contributed by atoms with Crippen molar-refractivity contribution in [3.05, 3.63) is 44.2 Å². The summed E-state index contributed by atoms with van der Waals surface area (Å²) in [6.07, 6.45) is 0. The lowest BCUT2D eigenvalue weighted by Crippen LogP contribution is -2.15. The van der Waals surface area contributed by atoms with Crippen LogP contribution in [0.5, 0.6) is 0 Å². The second-order valence-electron chi connectivity index (χ2n) is 5.14. The number of nitrogens with zero attached hydrogens (tertiary/aromatic N) is 3. The molecule has 3 aromatic rings. The highest BCUT2D eigenvalue weighted by Gasteiger charge is 2.16. The highest BCUT2D eigenvalue weighted by atomic mass is 79.9. The largest absolute Gasteiger partial charge is 0.324 e. The van der Waals surface area contributed by atoms with E-state index in [1.165, 1.54) is 11.8 Å². The number of carbonyl (C=O) groups is 1. The third kappa shape index (κ3) is 4.61. The quantitative estimate of drug-likeness (QED) is 0.441. The molecule has 0 fully saturated rings. The van der Waals surface area contributed by atoms with Crippen LogP contribution < -0.4 is 5.32 Å². The Bertz CT molecular complexity index is 944. The number of rotatable bonds is 6. The number of hydrogen-bond acceptors (Lipinski definition) is 5. The molecule has 2 aromatic heterocycles. The maximum absolute atomic E-state index is 12.2. The van der Waals surface area contributed by atoms with E-state index in [-0.39, 0.29) is 11.7 Å². The molecule has 0 atom stereocenters. The van der Waals surface area contributed by atoms with Crippen LogP contribution in [-0.2, 0) is 11.3 Å². The first-order valence-electron chi connectivity index (χ1n) is 7.53. The monoisotopic (exact) mass is 490 g/mol. The molecule has 0 saturated heterocycles. The van der Waals surface area contributed by atoms with Gasteiger partial charge in [0.2, 0.25) is 5.91 Å². The Kier molecular flexibility index (Phi) is 6.63. The Morgan fingerprint density at radius 1 is 1.35 bits per heavy atom. The number of thiophene rings is 1. The van der Waals surface area contributed by atoms with E-state index in [2.05, 4.69) is 31.4 Å². The summed E-state index contributed by atoms with van der Waals surface area (Å²) in [6.45, 7) is 2.73. The molecule has 0 aliphatic heterocycles. The number of anilines is 1. The summed E-state index contributed by atoms with van der Waals surface area (Å²) >= 11 is 18.4. The van der Waals surface area contributed by atoms with Crippen LogP contribution in [0.4, 0.5) is 5.69 Å². The Hall–Kier alpha value is -1.06. The molecule has 2 heterocycles. The summed E-state index contributed by atoms with van der Waals surface area (Å²) in [5.41, 5.74) is 0.492. The number of aromatic nitrogens is 3. The molecule has 0 spiro atoms. The van der Waals surface area contributed by atoms with E-state index < -0.39 is 0 Å². The van der Waals surface area contributed by atoms with Crippen LogP contribution in [0.2, 0.25) is 10.0 Å². The van der Waals surface area contributed by atoms with Gasteiger partial charge < -0.3 is 9.88 Å². The van der Waals surface area contributed by atoms with Crippen LogP contribution in [0, 0.1) is 0 Å². The predicted molar refractivity (Wildman–Crippen MR) is 113 cm³/mol. The molecule has 0 aliphatic carbocycles. The lowest BCUT2D eigenvalue weighted by atomic mass is 10.3. The van der Waals surface area contributed by atoms with Crippen LogP contribution in [0.1, 0.15) is 6.92 Å². The number of nitrogens with one attached hydrogen (secondary N) is 1. The van der Waals surface area contributed by atoms with Crippen molar-refractivity contribution in [3.63, 3.8) is 0 Å². The van der Waals surface area contributed by atoms with Crippen molar-refractivity contribution in [2.24, 2.45) is 0 Å². The van der Waals surface area contributed by atoms with Crippen molar-refractivity contribution in [3.8, 4) is 10.7 Å². The predicted octanol–water partition coefficient (Wildman–Crippen LogP) is 5.83. The van der Waals surface area contributed by atoms with Gasteiger partial charge in [-0.05, 0) is 47.1 Å². The van der Waals surface area contributed by atoms with Gasteiger partial charge in [0, 0.05) is 21.4 Å². The van der Waals surface area contributed by atoms with Gasteiger partial charge in [0.1, 0.15) is 0 Å². The number of halogens is 3. The molecule has 136 valence electrons. The molecule has 0 bridgehead atoms. The lowest BCUT2D eigenvalue weighted by molar-refractivity contribution is -0.113. The van der Waals surface area contributed by atoms with Crippen LogP contribution in [0.15, 0.2) is 39.3 Å². The van der Waals surface area contributed by atoms with E-state index in [0.717, 1.165) is 15.2 Å². The van der Waals surface area contributed by atoms with Crippen LogP contribution >= 0.6 is 62.2 Å². The van der Waals surface area contributed by atoms with Gasteiger partial charge in [0.25, 0.3) is 0 Å². The molecule has 5 nitrogen and oxygen atoms in total. The fraction of sp³-hybridized carbons (Fsp3) is 0.188. The lowest BCUT2D eigenvalue weighted by Gasteiger charge is -2.08. The Labute approximate surface area is 177 Å². The zero-order valence-corrected chi connectivity index (χ0v) is 18.2. The van der Waals surface area contributed by atoms with Gasteiger partial charge >= 0.3 is 0 Å². The second kappa shape index (κ2) is 8.75. The minimum Gasteiger partial charge on any atom is -0.324 e. The van der Waals surface area contributed by atoms with Crippen molar-refractivity contribution >= 4 is 73.8 Å². The minimum atomic E-state index is -0.190. The highest BCUT2D eigenvalue weighted by molar-refractivity contribution is 9.10. The van der Waals surface area contributed by atoms with Gasteiger partial charge in [-0.3, -0.25) is 4.79 Å². The van der Waals surface area contributed by atoms with E-state index in [4.69, 9.17) is 23.2 Å². The number of thioether (sulfide) groups is 1. The normalized spacial score (nSPS) is 10.9. The fourth-order valence-corrected chi connectivity index (χ4v) is 4.76. The van der Waals surface area contributed by atoms with Crippen molar-refractivity contribution < 1.29 is 4.79 Å². The molecule has 0 aliphatic rings. The first kappa shape index (κ1) is 19.7. The third-order valence-corrected chi connectivity index (χ3v) is 6.57. The molecular weight excluding hydrogens is 479 g/mol. The summed E-state index contributed by atoms with van der Waals surface area (Å²) in [6, 6.07) is 6.94. The first-order valence-corrected chi connectivity index (χ1v) is 10.9. The average molecular weight is 492 g/mol. The zero-order valence-electron chi connectivity index (χ0n) is 13.5. The smallest absolute Gasteiger partial charge is 0.234 e. The standard InChI is InChI=1S/C16H13BrCl2N4OS2/c1-2-23-15(13-5-9(17)7-25-13)21-22-16(23)26-8-14(24)20-12-6-10(18)3-4-11(12)19/h3-7H,2,8H2,1H3,(H,20,24). The van der Waals surface area contributed by atoms with Crippen LogP contribution in [0.3, 0.4) is 0 Å². The molecule has 3 rings (SSSR count). The summed E-state index contributed by atoms with van der Waals surface area (Å²) in [5.74, 6) is 0.795. The van der Waals surface area contributed by atoms with E-state index in [1.807, 2.05) is 22.9 Å². The summed E-state index contributed by atoms with van der Waals surface area (Å²) in [4.78, 5) is 13.3. The maximum Gasteiger partial charge on any atom is 0.234 e.